The molecule has 0 fully saturated rings. The molecule has 0 aliphatic carbocycles. The Labute approximate surface area is 97.8 Å². The van der Waals surface area contributed by atoms with Crippen molar-refractivity contribution >= 4 is 5.69 Å². The third-order valence-electron chi connectivity index (χ3n) is 2.13. The molecule has 17 heavy (non-hydrogen) atoms. The van der Waals surface area contributed by atoms with Crippen molar-refractivity contribution in [3.63, 3.8) is 0 Å². The van der Waals surface area contributed by atoms with Crippen molar-refractivity contribution in [2.75, 3.05) is 0 Å². The van der Waals surface area contributed by atoms with Crippen LogP contribution in [-0.4, -0.2) is 9.91 Å². The van der Waals surface area contributed by atoms with Crippen LogP contribution in [0.3, 0.4) is 0 Å². The number of ether oxygens (including phenoxy) is 1. The van der Waals surface area contributed by atoms with Crippen molar-refractivity contribution in [1.29, 1.82) is 0 Å². The highest BCUT2D eigenvalue weighted by Crippen LogP contribution is 2.24. The van der Waals surface area contributed by atoms with Gasteiger partial charge >= 0.3 is 0 Å². The Kier molecular flexibility index (Phi) is 3.00. The normalized spacial score (nSPS) is 9.94. The molecular formula is C12H10N2O3. The first-order chi connectivity index (χ1) is 8.15. The van der Waals surface area contributed by atoms with Crippen LogP contribution in [-0.2, 0) is 0 Å². The Bertz CT molecular complexity index is 555. The highest BCUT2D eigenvalue weighted by Gasteiger charge is 2.06. The van der Waals surface area contributed by atoms with Crippen LogP contribution < -0.4 is 4.74 Å². The molecule has 86 valence electrons. The summed E-state index contributed by atoms with van der Waals surface area (Å²) >= 11 is 0. The molecule has 2 aromatic rings. The van der Waals surface area contributed by atoms with Gasteiger partial charge in [0.15, 0.2) is 0 Å². The van der Waals surface area contributed by atoms with E-state index in [9.17, 15) is 10.1 Å². The third kappa shape index (κ3) is 2.78. The monoisotopic (exact) mass is 230 g/mol. The topological polar surface area (TPSA) is 65.3 Å². The SMILES string of the molecule is Cc1cc(Oc2cccc([N+](=O)[O-])c2)ccn1. The Morgan fingerprint density at radius 2 is 2.00 bits per heavy atom. The molecule has 1 aromatic heterocycles. The summed E-state index contributed by atoms with van der Waals surface area (Å²) in [5.41, 5.74) is 0.834. The number of hydrogen-bond acceptors (Lipinski definition) is 4. The summed E-state index contributed by atoms with van der Waals surface area (Å²) in [6, 6.07) is 9.52. The third-order valence-corrected chi connectivity index (χ3v) is 2.13. The number of nitro benzene ring substituents is 1. The molecule has 0 spiro atoms. The fraction of sp³-hybridized carbons (Fsp3) is 0.0833. The summed E-state index contributed by atoms with van der Waals surface area (Å²) < 4.78 is 5.51. The van der Waals surface area contributed by atoms with Crippen LogP contribution in [0.4, 0.5) is 5.69 Å². The van der Waals surface area contributed by atoms with E-state index in [2.05, 4.69) is 4.98 Å². The molecule has 0 N–H and O–H groups in total. The van der Waals surface area contributed by atoms with E-state index in [4.69, 9.17) is 4.74 Å². The van der Waals surface area contributed by atoms with Crippen LogP contribution in [0.5, 0.6) is 11.5 Å². The maximum atomic E-state index is 10.6. The van der Waals surface area contributed by atoms with E-state index in [1.807, 2.05) is 6.92 Å². The molecule has 1 heterocycles. The molecule has 0 amide bonds. The molecule has 5 heteroatoms. The van der Waals surface area contributed by atoms with Crippen molar-refractivity contribution < 1.29 is 9.66 Å². The van der Waals surface area contributed by atoms with Gasteiger partial charge in [-0.2, -0.15) is 0 Å². The summed E-state index contributed by atoms with van der Waals surface area (Å²) in [5.74, 6) is 1.04. The lowest BCUT2D eigenvalue weighted by molar-refractivity contribution is -0.384. The van der Waals surface area contributed by atoms with Gasteiger partial charge in [0, 0.05) is 24.0 Å². The summed E-state index contributed by atoms with van der Waals surface area (Å²) in [5, 5.41) is 10.6. The summed E-state index contributed by atoms with van der Waals surface area (Å²) in [7, 11) is 0. The molecule has 0 saturated carbocycles. The Morgan fingerprint density at radius 1 is 1.24 bits per heavy atom. The van der Waals surface area contributed by atoms with Gasteiger partial charge in [-0.3, -0.25) is 15.1 Å². The van der Waals surface area contributed by atoms with Gasteiger partial charge in [0.2, 0.25) is 0 Å². The number of nitrogens with zero attached hydrogens (tertiary/aromatic N) is 2. The Morgan fingerprint density at radius 3 is 2.71 bits per heavy atom. The minimum Gasteiger partial charge on any atom is -0.457 e. The number of hydrogen-bond donors (Lipinski definition) is 0. The van der Waals surface area contributed by atoms with Gasteiger partial charge in [-0.1, -0.05) is 6.07 Å². The van der Waals surface area contributed by atoms with Crippen LogP contribution in [0, 0.1) is 17.0 Å². The Balaban J connectivity index is 2.24. The van der Waals surface area contributed by atoms with E-state index in [0.29, 0.717) is 11.5 Å². The smallest absolute Gasteiger partial charge is 0.273 e. The summed E-state index contributed by atoms with van der Waals surface area (Å²) in [6.07, 6.45) is 1.63. The first-order valence-electron chi connectivity index (χ1n) is 5.00. The fourth-order valence-electron chi connectivity index (χ4n) is 1.38. The summed E-state index contributed by atoms with van der Waals surface area (Å²) in [4.78, 5) is 14.2. The number of rotatable bonds is 3. The van der Waals surface area contributed by atoms with Crippen LogP contribution in [0.2, 0.25) is 0 Å². The van der Waals surface area contributed by atoms with Gasteiger partial charge < -0.3 is 4.74 Å². The molecule has 0 saturated heterocycles. The van der Waals surface area contributed by atoms with E-state index < -0.39 is 4.92 Å². The number of aromatic nitrogens is 1. The predicted molar refractivity (Wildman–Crippen MR) is 62.1 cm³/mol. The van der Waals surface area contributed by atoms with E-state index in [1.165, 1.54) is 12.1 Å². The zero-order chi connectivity index (χ0) is 12.3. The van der Waals surface area contributed by atoms with Crippen molar-refractivity contribution in [2.45, 2.75) is 6.92 Å². The average molecular weight is 230 g/mol. The lowest BCUT2D eigenvalue weighted by Crippen LogP contribution is -1.90. The second kappa shape index (κ2) is 4.61. The molecule has 0 unspecified atom stereocenters. The second-order valence-electron chi connectivity index (χ2n) is 3.49. The number of aryl methyl sites for hydroxylation is 1. The van der Waals surface area contributed by atoms with Gasteiger partial charge in [-0.05, 0) is 19.1 Å². The van der Waals surface area contributed by atoms with E-state index in [1.54, 1.807) is 30.5 Å². The number of non-ortho nitro benzene ring substituents is 1. The van der Waals surface area contributed by atoms with Gasteiger partial charge in [-0.15, -0.1) is 0 Å². The number of pyridine rings is 1. The molecule has 0 aliphatic heterocycles. The van der Waals surface area contributed by atoms with E-state index in [-0.39, 0.29) is 5.69 Å². The van der Waals surface area contributed by atoms with Gasteiger partial charge in [0.1, 0.15) is 11.5 Å². The maximum Gasteiger partial charge on any atom is 0.273 e. The van der Waals surface area contributed by atoms with Gasteiger partial charge in [0.05, 0.1) is 11.0 Å². The quantitative estimate of drug-likeness (QED) is 0.600. The second-order valence-corrected chi connectivity index (χ2v) is 3.49. The van der Waals surface area contributed by atoms with Crippen molar-refractivity contribution in [3.8, 4) is 11.5 Å². The Hall–Kier alpha value is -2.43. The lowest BCUT2D eigenvalue weighted by atomic mass is 10.3. The lowest BCUT2D eigenvalue weighted by Gasteiger charge is -2.05. The van der Waals surface area contributed by atoms with E-state index in [0.717, 1.165) is 5.69 Å². The van der Waals surface area contributed by atoms with Crippen molar-refractivity contribution in [3.05, 3.63) is 58.4 Å². The highest BCUT2D eigenvalue weighted by atomic mass is 16.6. The summed E-state index contributed by atoms with van der Waals surface area (Å²) in [6.45, 7) is 1.85. The van der Waals surface area contributed by atoms with Crippen molar-refractivity contribution in [1.82, 2.24) is 4.98 Å². The molecular weight excluding hydrogens is 220 g/mol. The zero-order valence-electron chi connectivity index (χ0n) is 9.16. The number of benzene rings is 1. The minimum atomic E-state index is -0.454. The molecule has 0 atom stereocenters. The van der Waals surface area contributed by atoms with Crippen LogP contribution in [0.25, 0.3) is 0 Å². The molecule has 0 aliphatic rings. The molecule has 1 aromatic carbocycles. The maximum absolute atomic E-state index is 10.6. The highest BCUT2D eigenvalue weighted by molar-refractivity contribution is 5.40. The van der Waals surface area contributed by atoms with Crippen LogP contribution in [0.1, 0.15) is 5.69 Å². The molecule has 5 nitrogen and oxygen atoms in total. The molecule has 0 bridgehead atoms. The predicted octanol–water partition coefficient (Wildman–Crippen LogP) is 3.09. The minimum absolute atomic E-state index is 0.00766. The standard InChI is InChI=1S/C12H10N2O3/c1-9-7-12(5-6-13-9)17-11-4-2-3-10(8-11)14(15)16/h2-8H,1H3. The van der Waals surface area contributed by atoms with E-state index >= 15 is 0 Å². The molecule has 0 radical (unpaired) electrons. The number of nitro groups is 1. The first kappa shape index (κ1) is 11.1. The fourth-order valence-corrected chi connectivity index (χ4v) is 1.38. The zero-order valence-corrected chi connectivity index (χ0v) is 9.16. The average Bonchev–Trinajstić information content (AvgIpc) is 2.29. The van der Waals surface area contributed by atoms with Crippen LogP contribution >= 0.6 is 0 Å². The largest absolute Gasteiger partial charge is 0.457 e. The van der Waals surface area contributed by atoms with Gasteiger partial charge in [-0.25, -0.2) is 0 Å². The van der Waals surface area contributed by atoms with Crippen LogP contribution in [0.15, 0.2) is 42.6 Å². The van der Waals surface area contributed by atoms with Crippen molar-refractivity contribution in [2.24, 2.45) is 0 Å². The van der Waals surface area contributed by atoms with Gasteiger partial charge in [0.25, 0.3) is 5.69 Å². The first-order valence-corrected chi connectivity index (χ1v) is 5.00. The molecule has 2 rings (SSSR count).